The first kappa shape index (κ1) is 21.0. The Morgan fingerprint density at radius 2 is 1.83 bits per heavy atom. The molecule has 1 saturated heterocycles. The van der Waals surface area contributed by atoms with Gasteiger partial charge in [0.25, 0.3) is 5.91 Å². The molecular weight excluding hydrogens is 370 g/mol. The molecular formula is C22H29N3O4. The fourth-order valence-corrected chi connectivity index (χ4v) is 4.06. The molecule has 1 spiro atoms. The number of amides is 4. The zero-order valence-electron chi connectivity index (χ0n) is 17.1. The summed E-state index contributed by atoms with van der Waals surface area (Å²) < 4.78 is 0. The van der Waals surface area contributed by atoms with E-state index in [-0.39, 0.29) is 24.1 Å². The highest BCUT2D eigenvalue weighted by molar-refractivity contribution is 6.11. The van der Waals surface area contributed by atoms with Gasteiger partial charge in [-0.25, -0.2) is 4.79 Å². The minimum Gasteiger partial charge on any atom is -0.356 e. The van der Waals surface area contributed by atoms with Crippen molar-refractivity contribution in [1.29, 1.82) is 0 Å². The average Bonchev–Trinajstić information content (AvgIpc) is 2.92. The molecule has 2 fully saturated rings. The first-order valence-electron chi connectivity index (χ1n) is 10.3. The lowest BCUT2D eigenvalue weighted by molar-refractivity contribution is -0.132. The van der Waals surface area contributed by atoms with Crippen LogP contribution in [0.2, 0.25) is 0 Å². The summed E-state index contributed by atoms with van der Waals surface area (Å²) >= 11 is 0. The zero-order chi connectivity index (χ0) is 21.0. The van der Waals surface area contributed by atoms with Crippen molar-refractivity contribution in [1.82, 2.24) is 15.5 Å². The summed E-state index contributed by atoms with van der Waals surface area (Å²) in [6.45, 7) is 4.02. The minimum atomic E-state index is -0.818. The van der Waals surface area contributed by atoms with Gasteiger partial charge in [0, 0.05) is 19.0 Å². The Hall–Kier alpha value is -2.70. The van der Waals surface area contributed by atoms with Gasteiger partial charge in [-0.15, -0.1) is 0 Å². The van der Waals surface area contributed by atoms with Crippen LogP contribution in [0.3, 0.4) is 0 Å². The van der Waals surface area contributed by atoms with Gasteiger partial charge in [0.2, 0.25) is 5.91 Å². The molecule has 2 aliphatic rings. The van der Waals surface area contributed by atoms with Gasteiger partial charge in [-0.3, -0.25) is 19.3 Å². The van der Waals surface area contributed by atoms with Crippen LogP contribution in [-0.4, -0.2) is 47.2 Å². The quantitative estimate of drug-likeness (QED) is 0.418. The van der Waals surface area contributed by atoms with Crippen LogP contribution in [0.1, 0.15) is 61.9 Å². The standard InChI is InChI=1S/C22H29N3O4/c1-15-9-11-22(12-10-15)20(28)25(21(29)24-22)14-19(27)18-7-5-17(6-8-18)4-3-13-23-16(2)26/h5-8,15H,3-4,9-14H2,1-2H3,(H,23,26)(H,24,29). The van der Waals surface area contributed by atoms with Crippen LogP contribution >= 0.6 is 0 Å². The predicted molar refractivity (Wildman–Crippen MR) is 108 cm³/mol. The van der Waals surface area contributed by atoms with E-state index in [0.29, 0.717) is 30.9 Å². The lowest BCUT2D eigenvalue weighted by atomic mass is 9.77. The van der Waals surface area contributed by atoms with Crippen LogP contribution in [0.5, 0.6) is 0 Å². The van der Waals surface area contributed by atoms with Gasteiger partial charge in [-0.1, -0.05) is 31.2 Å². The van der Waals surface area contributed by atoms with Crippen molar-refractivity contribution in [2.24, 2.45) is 5.92 Å². The molecule has 1 aromatic rings. The second-order valence-corrected chi connectivity index (χ2v) is 8.29. The molecule has 3 rings (SSSR count). The molecule has 1 saturated carbocycles. The number of carbonyl (C=O) groups excluding carboxylic acids is 4. The van der Waals surface area contributed by atoms with Crippen molar-refractivity contribution in [3.05, 3.63) is 35.4 Å². The molecule has 1 aliphatic carbocycles. The Bertz CT molecular complexity index is 795. The maximum Gasteiger partial charge on any atom is 0.325 e. The third-order valence-corrected chi connectivity index (χ3v) is 5.97. The van der Waals surface area contributed by atoms with E-state index < -0.39 is 11.6 Å². The third kappa shape index (κ3) is 4.83. The van der Waals surface area contributed by atoms with Gasteiger partial charge < -0.3 is 10.6 Å². The SMILES string of the molecule is CC(=O)NCCCc1ccc(C(=O)CN2C(=O)NC3(CCC(C)CC3)C2=O)cc1. The Morgan fingerprint density at radius 1 is 1.17 bits per heavy atom. The highest BCUT2D eigenvalue weighted by Gasteiger charge is 2.52. The number of hydrogen-bond donors (Lipinski definition) is 2. The van der Waals surface area contributed by atoms with Gasteiger partial charge >= 0.3 is 6.03 Å². The molecule has 0 bridgehead atoms. The molecule has 0 atom stereocenters. The maximum atomic E-state index is 12.9. The minimum absolute atomic E-state index is 0.0454. The Morgan fingerprint density at radius 3 is 2.45 bits per heavy atom. The maximum absolute atomic E-state index is 12.9. The summed E-state index contributed by atoms with van der Waals surface area (Å²) in [4.78, 5) is 49.8. The molecule has 156 valence electrons. The Labute approximate surface area is 171 Å². The molecule has 1 aliphatic heterocycles. The van der Waals surface area contributed by atoms with Crippen LogP contribution in [0.15, 0.2) is 24.3 Å². The smallest absolute Gasteiger partial charge is 0.325 e. The molecule has 1 aromatic carbocycles. The van der Waals surface area contributed by atoms with E-state index in [2.05, 4.69) is 17.6 Å². The van der Waals surface area contributed by atoms with Gasteiger partial charge in [-0.2, -0.15) is 0 Å². The van der Waals surface area contributed by atoms with Crippen molar-refractivity contribution in [3.8, 4) is 0 Å². The normalized spacial score (nSPS) is 23.9. The van der Waals surface area contributed by atoms with Crippen LogP contribution in [0.25, 0.3) is 0 Å². The number of urea groups is 1. The Kier molecular flexibility index (Phi) is 6.35. The number of benzene rings is 1. The number of hydrogen-bond acceptors (Lipinski definition) is 4. The Balaban J connectivity index is 1.56. The monoisotopic (exact) mass is 399 g/mol. The first-order valence-corrected chi connectivity index (χ1v) is 10.3. The van der Waals surface area contributed by atoms with Gasteiger partial charge in [-0.05, 0) is 50.0 Å². The average molecular weight is 399 g/mol. The van der Waals surface area contributed by atoms with E-state index in [4.69, 9.17) is 0 Å². The van der Waals surface area contributed by atoms with Crippen LogP contribution in [0.4, 0.5) is 4.79 Å². The van der Waals surface area contributed by atoms with Gasteiger partial charge in [0.05, 0.1) is 6.54 Å². The summed E-state index contributed by atoms with van der Waals surface area (Å²) in [5.74, 6) is -0.00871. The molecule has 0 radical (unpaired) electrons. The number of aryl methyl sites for hydroxylation is 1. The van der Waals surface area contributed by atoms with Crippen molar-refractivity contribution in [2.45, 2.75) is 57.9 Å². The number of carbonyl (C=O) groups is 4. The highest BCUT2D eigenvalue weighted by atomic mass is 16.2. The first-order chi connectivity index (χ1) is 13.8. The number of Topliss-reactive ketones (excluding diaryl/α,β-unsaturated/α-hetero) is 1. The van der Waals surface area contributed by atoms with Crippen molar-refractivity contribution < 1.29 is 19.2 Å². The summed E-state index contributed by atoms with van der Waals surface area (Å²) in [6, 6.07) is 6.74. The molecule has 7 nitrogen and oxygen atoms in total. The van der Waals surface area contributed by atoms with E-state index in [1.165, 1.54) is 6.92 Å². The summed E-state index contributed by atoms with van der Waals surface area (Å²) in [5.41, 5.74) is 0.730. The number of nitrogens with one attached hydrogen (secondary N) is 2. The van der Waals surface area contributed by atoms with Crippen LogP contribution in [0, 0.1) is 5.92 Å². The van der Waals surface area contributed by atoms with E-state index in [0.717, 1.165) is 36.1 Å². The molecule has 2 N–H and O–H groups in total. The molecule has 0 unspecified atom stereocenters. The fourth-order valence-electron chi connectivity index (χ4n) is 4.06. The largest absolute Gasteiger partial charge is 0.356 e. The lowest BCUT2D eigenvalue weighted by Gasteiger charge is -2.33. The number of rotatable bonds is 7. The second-order valence-electron chi connectivity index (χ2n) is 8.29. The highest BCUT2D eigenvalue weighted by Crippen LogP contribution is 2.36. The van der Waals surface area contributed by atoms with E-state index in [9.17, 15) is 19.2 Å². The van der Waals surface area contributed by atoms with E-state index in [1.807, 2.05) is 12.1 Å². The summed E-state index contributed by atoms with van der Waals surface area (Å²) in [5, 5.41) is 5.60. The third-order valence-electron chi connectivity index (χ3n) is 5.97. The van der Waals surface area contributed by atoms with Gasteiger partial charge in [0.1, 0.15) is 5.54 Å². The number of ketones is 1. The number of imide groups is 1. The van der Waals surface area contributed by atoms with Crippen molar-refractivity contribution >= 4 is 23.6 Å². The molecule has 4 amide bonds. The number of nitrogens with zero attached hydrogens (tertiary/aromatic N) is 1. The lowest BCUT2D eigenvalue weighted by Crippen LogP contribution is -2.49. The topological polar surface area (TPSA) is 95.6 Å². The predicted octanol–water partition coefficient (Wildman–Crippen LogP) is 2.44. The molecule has 7 heteroatoms. The van der Waals surface area contributed by atoms with E-state index in [1.54, 1.807) is 12.1 Å². The fraction of sp³-hybridized carbons (Fsp3) is 0.545. The van der Waals surface area contributed by atoms with Crippen molar-refractivity contribution in [2.75, 3.05) is 13.1 Å². The second kappa shape index (κ2) is 8.76. The zero-order valence-corrected chi connectivity index (χ0v) is 17.1. The van der Waals surface area contributed by atoms with Crippen LogP contribution < -0.4 is 10.6 Å². The molecule has 0 aromatic heterocycles. The molecule has 29 heavy (non-hydrogen) atoms. The van der Waals surface area contributed by atoms with E-state index >= 15 is 0 Å². The molecule has 1 heterocycles. The van der Waals surface area contributed by atoms with Gasteiger partial charge in [0.15, 0.2) is 5.78 Å². The van der Waals surface area contributed by atoms with Crippen molar-refractivity contribution in [3.63, 3.8) is 0 Å². The summed E-state index contributed by atoms with van der Waals surface area (Å²) in [7, 11) is 0. The van der Waals surface area contributed by atoms with Crippen LogP contribution in [-0.2, 0) is 16.0 Å². The summed E-state index contributed by atoms with van der Waals surface area (Å²) in [6.07, 6.45) is 4.68.